The van der Waals surface area contributed by atoms with E-state index < -0.39 is 0 Å². The third kappa shape index (κ3) is 2.96. The summed E-state index contributed by atoms with van der Waals surface area (Å²) >= 11 is 0. The number of fused-ring (bicyclic) bond motifs is 2. The molecular formula is C26H22O2. The molecule has 0 spiro atoms. The molecule has 0 aromatic heterocycles. The van der Waals surface area contributed by atoms with E-state index in [1.54, 1.807) is 0 Å². The van der Waals surface area contributed by atoms with E-state index in [1.807, 2.05) is 30.3 Å². The van der Waals surface area contributed by atoms with Crippen LogP contribution in [-0.2, 0) is 11.2 Å². The molecule has 0 bridgehead atoms. The fraction of sp³-hybridized carbons (Fsp3) is 0.154. The number of rotatable bonds is 6. The van der Waals surface area contributed by atoms with Gasteiger partial charge in [-0.05, 0) is 50.4 Å². The minimum Gasteiger partial charge on any atom is -0.491 e. The van der Waals surface area contributed by atoms with Crippen LogP contribution in [0.2, 0.25) is 0 Å². The van der Waals surface area contributed by atoms with Crippen LogP contribution in [0, 0.1) is 0 Å². The summed E-state index contributed by atoms with van der Waals surface area (Å²) in [6.07, 6.45) is 2.85. The molecule has 138 valence electrons. The lowest BCUT2D eigenvalue weighted by Gasteiger charge is -2.14. The molecule has 0 fully saturated rings. The lowest BCUT2D eigenvalue weighted by atomic mass is 9.98. The van der Waals surface area contributed by atoms with Crippen molar-refractivity contribution in [2.24, 2.45) is 0 Å². The fourth-order valence-corrected chi connectivity index (χ4v) is 4.22. The summed E-state index contributed by atoms with van der Waals surface area (Å²) in [4.78, 5) is 0. The molecular weight excluding hydrogens is 344 g/mol. The number of hydrogen-bond acceptors (Lipinski definition) is 2. The lowest BCUT2D eigenvalue weighted by molar-refractivity contribution is 0.0367. The monoisotopic (exact) mass is 366 g/mol. The van der Waals surface area contributed by atoms with Gasteiger partial charge in [0.25, 0.3) is 0 Å². The van der Waals surface area contributed by atoms with E-state index in [1.165, 1.54) is 32.7 Å². The lowest BCUT2D eigenvalue weighted by Crippen LogP contribution is -2.10. The predicted molar refractivity (Wildman–Crippen MR) is 116 cm³/mol. The third-order valence-corrected chi connectivity index (χ3v) is 5.54. The van der Waals surface area contributed by atoms with Crippen LogP contribution in [0.3, 0.4) is 0 Å². The van der Waals surface area contributed by atoms with E-state index in [9.17, 15) is 0 Å². The summed E-state index contributed by atoms with van der Waals surface area (Å²) in [6, 6.07) is 25.4. The summed E-state index contributed by atoms with van der Waals surface area (Å²) in [7, 11) is 0. The molecule has 2 nitrogen and oxygen atoms in total. The third-order valence-electron chi connectivity index (χ3n) is 5.54. The first-order valence-corrected chi connectivity index (χ1v) is 9.73. The van der Waals surface area contributed by atoms with Gasteiger partial charge in [0.2, 0.25) is 0 Å². The zero-order chi connectivity index (χ0) is 18.9. The quantitative estimate of drug-likeness (QED) is 0.293. The van der Waals surface area contributed by atoms with Gasteiger partial charge in [-0.1, -0.05) is 73.3 Å². The average Bonchev–Trinajstić information content (AvgIpc) is 3.10. The molecule has 0 saturated carbocycles. The second-order valence-corrected chi connectivity index (χ2v) is 7.21. The minimum absolute atomic E-state index is 0.0993. The Morgan fingerprint density at radius 2 is 1.71 bits per heavy atom. The van der Waals surface area contributed by atoms with Crippen molar-refractivity contribution in [2.45, 2.75) is 12.5 Å². The standard InChI is InChI=1S/C26H22O2/c1-2-18-10-12-21(13-11-18)27-14-15-28-25-17-20-16-19-6-3-4-7-22(19)23-8-5-9-24(25)26(20)23/h2-13,16,25H,1,14-15,17H2. The Hall–Kier alpha value is -3.10. The number of benzene rings is 4. The average molecular weight is 366 g/mol. The highest BCUT2D eigenvalue weighted by Crippen LogP contribution is 2.42. The van der Waals surface area contributed by atoms with Crippen LogP contribution >= 0.6 is 0 Å². The van der Waals surface area contributed by atoms with Gasteiger partial charge in [0.15, 0.2) is 0 Å². The maximum Gasteiger partial charge on any atom is 0.119 e. The van der Waals surface area contributed by atoms with Gasteiger partial charge in [0.05, 0.1) is 12.7 Å². The van der Waals surface area contributed by atoms with Gasteiger partial charge < -0.3 is 9.47 Å². The SMILES string of the molecule is C=Cc1ccc(OCCOC2Cc3cc4ccccc4c4cccc2c34)cc1. The molecule has 0 N–H and O–H groups in total. The van der Waals surface area contributed by atoms with Crippen molar-refractivity contribution < 1.29 is 9.47 Å². The van der Waals surface area contributed by atoms with Crippen LogP contribution in [0.25, 0.3) is 27.6 Å². The van der Waals surface area contributed by atoms with Crippen molar-refractivity contribution in [1.82, 2.24) is 0 Å². The van der Waals surface area contributed by atoms with Crippen molar-refractivity contribution in [3.05, 3.63) is 96.1 Å². The van der Waals surface area contributed by atoms with Crippen LogP contribution in [0.15, 0.2) is 79.4 Å². The van der Waals surface area contributed by atoms with Gasteiger partial charge in [0, 0.05) is 6.42 Å². The first kappa shape index (κ1) is 17.0. The molecule has 0 saturated heterocycles. The first-order chi connectivity index (χ1) is 13.8. The molecule has 0 radical (unpaired) electrons. The maximum atomic E-state index is 6.23. The van der Waals surface area contributed by atoms with Gasteiger partial charge in [-0.25, -0.2) is 0 Å². The molecule has 0 heterocycles. The van der Waals surface area contributed by atoms with E-state index in [0.717, 1.165) is 17.7 Å². The maximum absolute atomic E-state index is 6.23. The smallest absolute Gasteiger partial charge is 0.119 e. The summed E-state index contributed by atoms with van der Waals surface area (Å²) in [5.41, 5.74) is 3.77. The summed E-state index contributed by atoms with van der Waals surface area (Å²) in [6.45, 7) is 4.88. The highest BCUT2D eigenvalue weighted by Gasteiger charge is 2.25. The summed E-state index contributed by atoms with van der Waals surface area (Å²) < 4.78 is 12.0. The van der Waals surface area contributed by atoms with Crippen molar-refractivity contribution in [2.75, 3.05) is 13.2 Å². The Balaban J connectivity index is 1.31. The zero-order valence-corrected chi connectivity index (χ0v) is 15.7. The van der Waals surface area contributed by atoms with Crippen molar-refractivity contribution in [3.63, 3.8) is 0 Å². The number of ether oxygens (including phenoxy) is 2. The highest BCUT2D eigenvalue weighted by atomic mass is 16.5. The first-order valence-electron chi connectivity index (χ1n) is 9.73. The predicted octanol–water partition coefficient (Wildman–Crippen LogP) is 6.33. The molecule has 4 aromatic carbocycles. The zero-order valence-electron chi connectivity index (χ0n) is 15.7. The van der Waals surface area contributed by atoms with Gasteiger partial charge in [-0.2, -0.15) is 0 Å². The molecule has 28 heavy (non-hydrogen) atoms. The fourth-order valence-electron chi connectivity index (χ4n) is 4.22. The Morgan fingerprint density at radius 1 is 0.893 bits per heavy atom. The van der Waals surface area contributed by atoms with E-state index in [0.29, 0.717) is 13.2 Å². The Kier molecular flexibility index (Phi) is 4.34. The van der Waals surface area contributed by atoms with Crippen LogP contribution < -0.4 is 4.74 Å². The van der Waals surface area contributed by atoms with Crippen molar-refractivity contribution >= 4 is 27.6 Å². The van der Waals surface area contributed by atoms with Gasteiger partial charge in [-0.3, -0.25) is 0 Å². The largest absolute Gasteiger partial charge is 0.491 e. The Morgan fingerprint density at radius 3 is 2.57 bits per heavy atom. The van der Waals surface area contributed by atoms with Crippen molar-refractivity contribution in [1.29, 1.82) is 0 Å². The molecule has 0 amide bonds. The highest BCUT2D eigenvalue weighted by molar-refractivity contribution is 6.10. The van der Waals surface area contributed by atoms with Crippen LogP contribution in [0.4, 0.5) is 0 Å². The molecule has 1 unspecified atom stereocenters. The van der Waals surface area contributed by atoms with Crippen LogP contribution in [0.5, 0.6) is 5.75 Å². The summed E-state index contributed by atoms with van der Waals surface area (Å²) in [5.74, 6) is 0.859. The van der Waals surface area contributed by atoms with E-state index >= 15 is 0 Å². The van der Waals surface area contributed by atoms with E-state index in [4.69, 9.17) is 9.47 Å². The Bertz CT molecular complexity index is 1160. The molecule has 1 atom stereocenters. The summed E-state index contributed by atoms with van der Waals surface area (Å²) in [5, 5.41) is 5.31. The minimum atomic E-state index is 0.0993. The van der Waals surface area contributed by atoms with E-state index in [-0.39, 0.29) is 6.10 Å². The molecule has 5 rings (SSSR count). The van der Waals surface area contributed by atoms with Gasteiger partial charge in [0.1, 0.15) is 12.4 Å². The molecule has 1 aliphatic carbocycles. The topological polar surface area (TPSA) is 18.5 Å². The molecule has 0 aliphatic heterocycles. The normalized spacial score (nSPS) is 15.2. The van der Waals surface area contributed by atoms with Crippen LogP contribution in [-0.4, -0.2) is 13.2 Å². The molecule has 1 aliphatic rings. The van der Waals surface area contributed by atoms with Crippen LogP contribution in [0.1, 0.15) is 22.8 Å². The van der Waals surface area contributed by atoms with E-state index in [2.05, 4.69) is 55.1 Å². The Labute approximate surface area is 165 Å². The molecule has 2 heteroatoms. The van der Waals surface area contributed by atoms with Crippen molar-refractivity contribution in [3.8, 4) is 5.75 Å². The second kappa shape index (κ2) is 7.14. The second-order valence-electron chi connectivity index (χ2n) is 7.21. The van der Waals surface area contributed by atoms with Gasteiger partial charge >= 0.3 is 0 Å². The number of hydrogen-bond donors (Lipinski definition) is 0. The molecule has 4 aromatic rings. The van der Waals surface area contributed by atoms with Gasteiger partial charge in [-0.15, -0.1) is 0 Å².